The van der Waals surface area contributed by atoms with Crippen LogP contribution >= 0.6 is 0 Å². The fourth-order valence-corrected chi connectivity index (χ4v) is 2.37. The molecule has 0 radical (unpaired) electrons. The molecule has 0 bridgehead atoms. The number of ether oxygens (including phenoxy) is 2. The second kappa shape index (κ2) is 9.25. The van der Waals surface area contributed by atoms with E-state index in [1.54, 1.807) is 12.1 Å². The molecule has 8 heteroatoms. The van der Waals surface area contributed by atoms with Crippen molar-refractivity contribution in [2.45, 2.75) is 32.8 Å². The molecule has 0 aliphatic rings. The molecule has 0 heterocycles. The molecular formula is C20H20F3NO4. The standard InChI is InChI=1S/C20H20F3NO4/c1-11(2)13-6-4-5-7-16(13)27-10-17(25)28-12(3)20(26)24-15-9-8-14(21)18(22)19(15)23/h4-9,11-12H,10H2,1-3H3,(H,24,26)/t12-/m0/s1. The third-order valence-corrected chi connectivity index (χ3v) is 3.86. The Morgan fingerprint density at radius 2 is 1.68 bits per heavy atom. The summed E-state index contributed by atoms with van der Waals surface area (Å²) in [6.45, 7) is 4.78. The van der Waals surface area contributed by atoms with Gasteiger partial charge in [0.05, 0.1) is 5.69 Å². The van der Waals surface area contributed by atoms with Gasteiger partial charge in [0, 0.05) is 0 Å². The number of hydrogen-bond donors (Lipinski definition) is 1. The van der Waals surface area contributed by atoms with Gasteiger partial charge in [0.15, 0.2) is 30.2 Å². The first-order valence-electron chi connectivity index (χ1n) is 8.56. The normalized spacial score (nSPS) is 11.8. The summed E-state index contributed by atoms with van der Waals surface area (Å²) in [6, 6.07) is 8.74. The summed E-state index contributed by atoms with van der Waals surface area (Å²) >= 11 is 0. The summed E-state index contributed by atoms with van der Waals surface area (Å²) < 4.78 is 50.1. The number of esters is 1. The minimum absolute atomic E-state index is 0.183. The van der Waals surface area contributed by atoms with Crippen LogP contribution in [0.1, 0.15) is 32.3 Å². The fourth-order valence-electron chi connectivity index (χ4n) is 2.37. The lowest BCUT2D eigenvalue weighted by molar-refractivity contribution is -0.155. The highest BCUT2D eigenvalue weighted by molar-refractivity contribution is 5.95. The molecule has 0 saturated carbocycles. The Morgan fingerprint density at radius 3 is 2.36 bits per heavy atom. The smallest absolute Gasteiger partial charge is 0.344 e. The van der Waals surface area contributed by atoms with E-state index in [0.717, 1.165) is 11.6 Å². The molecule has 28 heavy (non-hydrogen) atoms. The number of benzene rings is 2. The molecule has 0 aliphatic carbocycles. The SMILES string of the molecule is CC(C)c1ccccc1OCC(=O)O[C@@H](C)C(=O)Nc1ccc(F)c(F)c1F. The number of anilines is 1. The van der Waals surface area contributed by atoms with Gasteiger partial charge in [-0.25, -0.2) is 18.0 Å². The number of rotatable bonds is 7. The summed E-state index contributed by atoms with van der Waals surface area (Å²) in [6.07, 6.45) is -1.30. The van der Waals surface area contributed by atoms with E-state index in [4.69, 9.17) is 9.47 Å². The van der Waals surface area contributed by atoms with E-state index in [1.807, 2.05) is 31.3 Å². The molecule has 0 aromatic heterocycles. The molecule has 2 aromatic carbocycles. The van der Waals surface area contributed by atoms with Gasteiger partial charge < -0.3 is 14.8 Å². The van der Waals surface area contributed by atoms with Gasteiger partial charge in [-0.1, -0.05) is 32.0 Å². The number of carbonyl (C=O) groups excluding carboxylic acids is 2. The Hall–Kier alpha value is -3.03. The van der Waals surface area contributed by atoms with E-state index >= 15 is 0 Å². The van der Waals surface area contributed by atoms with Crippen molar-refractivity contribution in [2.24, 2.45) is 0 Å². The number of amides is 1. The summed E-state index contributed by atoms with van der Waals surface area (Å²) in [5.41, 5.74) is 0.351. The molecule has 5 nitrogen and oxygen atoms in total. The minimum atomic E-state index is -1.71. The molecule has 0 saturated heterocycles. The van der Waals surface area contributed by atoms with E-state index in [2.05, 4.69) is 0 Å². The topological polar surface area (TPSA) is 64.6 Å². The van der Waals surface area contributed by atoms with Crippen molar-refractivity contribution < 1.29 is 32.2 Å². The van der Waals surface area contributed by atoms with Crippen LogP contribution in [0, 0.1) is 17.5 Å². The lowest BCUT2D eigenvalue weighted by atomic mass is 10.0. The lowest BCUT2D eigenvalue weighted by Crippen LogP contribution is -2.32. The first kappa shape index (κ1) is 21.3. The zero-order chi connectivity index (χ0) is 20.8. The van der Waals surface area contributed by atoms with Crippen molar-refractivity contribution in [1.82, 2.24) is 0 Å². The van der Waals surface area contributed by atoms with Crippen LogP contribution in [0.4, 0.5) is 18.9 Å². The molecular weight excluding hydrogens is 375 g/mol. The first-order valence-corrected chi connectivity index (χ1v) is 8.56. The van der Waals surface area contributed by atoms with Crippen molar-refractivity contribution in [2.75, 3.05) is 11.9 Å². The van der Waals surface area contributed by atoms with E-state index in [9.17, 15) is 22.8 Å². The molecule has 0 aliphatic heterocycles. The Bertz CT molecular complexity index is 871. The average molecular weight is 395 g/mol. The van der Waals surface area contributed by atoms with Gasteiger partial charge in [0.1, 0.15) is 5.75 Å². The zero-order valence-corrected chi connectivity index (χ0v) is 15.6. The number of halogens is 3. The van der Waals surface area contributed by atoms with Gasteiger partial charge in [-0.2, -0.15) is 0 Å². The van der Waals surface area contributed by atoms with E-state index in [-0.39, 0.29) is 5.92 Å². The fraction of sp³-hybridized carbons (Fsp3) is 0.300. The molecule has 2 aromatic rings. The average Bonchev–Trinajstić information content (AvgIpc) is 2.66. The molecule has 0 fully saturated rings. The number of hydrogen-bond acceptors (Lipinski definition) is 4. The maximum absolute atomic E-state index is 13.6. The first-order chi connectivity index (χ1) is 13.2. The highest BCUT2D eigenvalue weighted by Crippen LogP contribution is 2.25. The van der Waals surface area contributed by atoms with Gasteiger partial charge in [-0.3, -0.25) is 4.79 Å². The second-order valence-electron chi connectivity index (χ2n) is 6.33. The van der Waals surface area contributed by atoms with Crippen LogP contribution in [0.2, 0.25) is 0 Å². The monoisotopic (exact) mass is 395 g/mol. The van der Waals surface area contributed by atoms with Gasteiger partial charge in [-0.15, -0.1) is 0 Å². The molecule has 1 N–H and O–H groups in total. The van der Waals surface area contributed by atoms with Crippen molar-refractivity contribution in [1.29, 1.82) is 0 Å². The van der Waals surface area contributed by atoms with Crippen LogP contribution in [-0.2, 0) is 14.3 Å². The quantitative estimate of drug-likeness (QED) is 0.564. The minimum Gasteiger partial charge on any atom is -0.482 e. The maximum atomic E-state index is 13.6. The number of carbonyl (C=O) groups is 2. The molecule has 1 amide bonds. The Kier molecular flexibility index (Phi) is 7.03. The van der Waals surface area contributed by atoms with Crippen molar-refractivity contribution >= 4 is 17.6 Å². The molecule has 2 rings (SSSR count). The summed E-state index contributed by atoms with van der Waals surface area (Å²) in [5, 5.41) is 2.04. The van der Waals surface area contributed by atoms with E-state index in [1.165, 1.54) is 6.92 Å². The van der Waals surface area contributed by atoms with Gasteiger partial charge in [0.2, 0.25) is 0 Å². The number of nitrogens with one attached hydrogen (secondary N) is 1. The van der Waals surface area contributed by atoms with Gasteiger partial charge in [-0.05, 0) is 36.6 Å². The van der Waals surface area contributed by atoms with Crippen molar-refractivity contribution in [3.05, 3.63) is 59.4 Å². The Labute approximate surface area is 160 Å². The molecule has 0 unspecified atom stereocenters. The summed E-state index contributed by atoms with van der Waals surface area (Å²) in [4.78, 5) is 23.9. The van der Waals surface area contributed by atoms with Crippen LogP contribution < -0.4 is 10.1 Å². The van der Waals surface area contributed by atoms with E-state index in [0.29, 0.717) is 11.8 Å². The van der Waals surface area contributed by atoms with Crippen molar-refractivity contribution in [3.8, 4) is 5.75 Å². The Morgan fingerprint density at radius 1 is 1.00 bits per heavy atom. The maximum Gasteiger partial charge on any atom is 0.344 e. The summed E-state index contributed by atoms with van der Waals surface area (Å²) in [5.74, 6) is -5.64. The third-order valence-electron chi connectivity index (χ3n) is 3.86. The molecule has 0 spiro atoms. The predicted octanol–water partition coefficient (Wildman–Crippen LogP) is 4.18. The highest BCUT2D eigenvalue weighted by atomic mass is 19.2. The van der Waals surface area contributed by atoms with Gasteiger partial charge in [0.25, 0.3) is 5.91 Å². The largest absolute Gasteiger partial charge is 0.482 e. The van der Waals surface area contributed by atoms with Crippen LogP contribution in [0.25, 0.3) is 0 Å². The third kappa shape index (κ3) is 5.25. The van der Waals surface area contributed by atoms with Crippen LogP contribution in [0.15, 0.2) is 36.4 Å². The zero-order valence-electron chi connectivity index (χ0n) is 15.6. The number of para-hydroxylation sites is 1. The van der Waals surface area contributed by atoms with Crippen LogP contribution in [0.5, 0.6) is 5.75 Å². The van der Waals surface area contributed by atoms with E-state index < -0.39 is 47.7 Å². The molecule has 1 atom stereocenters. The van der Waals surface area contributed by atoms with Crippen molar-refractivity contribution in [3.63, 3.8) is 0 Å². The highest BCUT2D eigenvalue weighted by Gasteiger charge is 2.21. The summed E-state index contributed by atoms with van der Waals surface area (Å²) in [7, 11) is 0. The van der Waals surface area contributed by atoms with Crippen LogP contribution in [0.3, 0.4) is 0 Å². The Balaban J connectivity index is 1.92. The van der Waals surface area contributed by atoms with Gasteiger partial charge >= 0.3 is 5.97 Å². The molecule has 150 valence electrons. The lowest BCUT2D eigenvalue weighted by Gasteiger charge is -2.16. The predicted molar refractivity (Wildman–Crippen MR) is 96.5 cm³/mol. The second-order valence-corrected chi connectivity index (χ2v) is 6.33. The van der Waals surface area contributed by atoms with Crippen LogP contribution in [-0.4, -0.2) is 24.6 Å².